The molecule has 0 aromatic rings. The molecule has 0 fully saturated rings. The van der Waals surface area contributed by atoms with E-state index in [0.29, 0.717) is 13.0 Å². The van der Waals surface area contributed by atoms with Gasteiger partial charge in [-0.1, -0.05) is 6.08 Å². The van der Waals surface area contributed by atoms with Crippen molar-refractivity contribution in [2.75, 3.05) is 0 Å². The fraction of sp³-hybridized carbons (Fsp3) is 0.714. The Kier molecular flexibility index (Phi) is 3.25. The van der Waals surface area contributed by atoms with Crippen molar-refractivity contribution in [3.63, 3.8) is 0 Å². The molecule has 0 amide bonds. The summed E-state index contributed by atoms with van der Waals surface area (Å²) in [5.41, 5.74) is -6.67. The van der Waals surface area contributed by atoms with Gasteiger partial charge in [-0.15, -0.1) is 0 Å². The monoisotopic (exact) mass is 224 g/mol. The highest BCUT2D eigenvalue weighted by Crippen LogP contribution is 2.50. The molecular formula is C7H7F7. The Hall–Kier alpha value is -0.750. The maximum absolute atomic E-state index is 12.9. The second-order valence-corrected chi connectivity index (χ2v) is 2.63. The van der Waals surface area contributed by atoms with Crippen LogP contribution in [0.3, 0.4) is 0 Å². The summed E-state index contributed by atoms with van der Waals surface area (Å²) < 4.78 is 84.3. The number of rotatable bonds is 1. The molecule has 0 rings (SSSR count). The minimum absolute atomic E-state index is 0.445. The summed E-state index contributed by atoms with van der Waals surface area (Å²) in [7, 11) is 0. The Labute approximate surface area is 75.4 Å². The zero-order chi connectivity index (χ0) is 11.8. The first kappa shape index (κ1) is 13.2. The zero-order valence-electron chi connectivity index (χ0n) is 7.22. The summed E-state index contributed by atoms with van der Waals surface area (Å²) in [6, 6.07) is 0. The van der Waals surface area contributed by atoms with E-state index in [1.54, 1.807) is 0 Å². The van der Waals surface area contributed by atoms with Crippen molar-refractivity contribution in [2.45, 2.75) is 31.9 Å². The van der Waals surface area contributed by atoms with Gasteiger partial charge in [0, 0.05) is 0 Å². The Balaban J connectivity index is 5.53. The molecule has 0 saturated carbocycles. The highest BCUT2D eigenvalue weighted by atomic mass is 19.4. The van der Waals surface area contributed by atoms with E-state index in [0.717, 1.165) is 6.92 Å². The molecule has 0 aliphatic rings. The molecule has 0 aromatic carbocycles. The molecule has 0 aromatic heterocycles. The van der Waals surface area contributed by atoms with Crippen molar-refractivity contribution in [1.29, 1.82) is 0 Å². The number of alkyl halides is 7. The van der Waals surface area contributed by atoms with Gasteiger partial charge < -0.3 is 0 Å². The lowest BCUT2D eigenvalue weighted by Crippen LogP contribution is -2.54. The average molecular weight is 224 g/mol. The lowest BCUT2D eigenvalue weighted by Gasteiger charge is -2.30. The summed E-state index contributed by atoms with van der Waals surface area (Å²) >= 11 is 0. The molecule has 0 spiro atoms. The van der Waals surface area contributed by atoms with Crippen LogP contribution in [0, 0.1) is 0 Å². The molecule has 0 aliphatic carbocycles. The summed E-state index contributed by atoms with van der Waals surface area (Å²) in [6.45, 7) is 1.35. The SMILES string of the molecule is CC=C(C)C(F)(C(F)(F)F)C(F)(F)F. The lowest BCUT2D eigenvalue weighted by molar-refractivity contribution is -0.326. The van der Waals surface area contributed by atoms with Crippen LogP contribution in [-0.2, 0) is 0 Å². The number of halogens is 7. The predicted octanol–water partition coefficient (Wildman–Crippen LogP) is 3.79. The lowest BCUT2D eigenvalue weighted by atomic mass is 9.95. The molecule has 0 radical (unpaired) electrons. The number of hydrogen-bond acceptors (Lipinski definition) is 0. The minimum atomic E-state index is -6.00. The van der Waals surface area contributed by atoms with Crippen molar-refractivity contribution in [3.8, 4) is 0 Å². The van der Waals surface area contributed by atoms with Crippen molar-refractivity contribution in [3.05, 3.63) is 11.6 Å². The Morgan fingerprint density at radius 2 is 1.14 bits per heavy atom. The first-order chi connectivity index (χ1) is 5.98. The second-order valence-electron chi connectivity index (χ2n) is 2.63. The highest BCUT2D eigenvalue weighted by molar-refractivity contribution is 5.20. The van der Waals surface area contributed by atoms with E-state index in [1.165, 1.54) is 0 Å². The van der Waals surface area contributed by atoms with Crippen LogP contribution in [0.5, 0.6) is 0 Å². The number of allylic oxidation sites excluding steroid dienone is 2. The van der Waals surface area contributed by atoms with Gasteiger partial charge >= 0.3 is 18.0 Å². The van der Waals surface area contributed by atoms with Crippen LogP contribution in [0.4, 0.5) is 30.7 Å². The molecule has 0 bridgehead atoms. The predicted molar refractivity (Wildman–Crippen MR) is 35.4 cm³/mol. The fourth-order valence-electron chi connectivity index (χ4n) is 0.807. The van der Waals surface area contributed by atoms with Gasteiger partial charge in [0.05, 0.1) is 0 Å². The standard InChI is InChI=1S/C7H7F7/c1-3-4(2)5(8,6(9,10)11)7(12,13)14/h3H,1-2H3. The van der Waals surface area contributed by atoms with Gasteiger partial charge in [-0.3, -0.25) is 0 Å². The normalized spacial score (nSPS) is 15.9. The third-order valence-electron chi connectivity index (χ3n) is 1.76. The summed E-state index contributed by atoms with van der Waals surface area (Å²) in [5.74, 6) is 0. The second kappa shape index (κ2) is 3.43. The first-order valence-corrected chi connectivity index (χ1v) is 3.44. The first-order valence-electron chi connectivity index (χ1n) is 3.44. The smallest absolute Gasteiger partial charge is 0.219 e. The van der Waals surface area contributed by atoms with E-state index in [1.807, 2.05) is 0 Å². The molecular weight excluding hydrogens is 217 g/mol. The topological polar surface area (TPSA) is 0 Å². The molecule has 0 unspecified atom stereocenters. The van der Waals surface area contributed by atoms with Crippen LogP contribution >= 0.6 is 0 Å². The van der Waals surface area contributed by atoms with Crippen LogP contribution in [0.2, 0.25) is 0 Å². The van der Waals surface area contributed by atoms with Crippen molar-refractivity contribution < 1.29 is 30.7 Å². The Bertz CT molecular complexity index is 217. The van der Waals surface area contributed by atoms with Crippen LogP contribution in [0.1, 0.15) is 13.8 Å². The van der Waals surface area contributed by atoms with Crippen molar-refractivity contribution in [2.24, 2.45) is 0 Å². The third-order valence-corrected chi connectivity index (χ3v) is 1.76. The summed E-state index contributed by atoms with van der Waals surface area (Å²) in [5, 5.41) is 0. The van der Waals surface area contributed by atoms with Gasteiger partial charge in [0.25, 0.3) is 0 Å². The number of hydrogen-bond donors (Lipinski definition) is 0. The molecule has 0 atom stereocenters. The molecule has 0 nitrogen and oxygen atoms in total. The fourth-order valence-corrected chi connectivity index (χ4v) is 0.807. The minimum Gasteiger partial charge on any atom is -0.219 e. The van der Waals surface area contributed by atoms with Crippen LogP contribution in [0.15, 0.2) is 11.6 Å². The largest absolute Gasteiger partial charge is 0.435 e. The van der Waals surface area contributed by atoms with Gasteiger partial charge in [-0.05, 0) is 19.4 Å². The van der Waals surface area contributed by atoms with E-state index in [9.17, 15) is 30.7 Å². The van der Waals surface area contributed by atoms with E-state index < -0.39 is 23.6 Å². The van der Waals surface area contributed by atoms with Crippen molar-refractivity contribution in [1.82, 2.24) is 0 Å². The molecule has 0 N–H and O–H groups in total. The summed E-state index contributed by atoms with van der Waals surface area (Å²) in [4.78, 5) is 0. The maximum atomic E-state index is 12.9. The van der Waals surface area contributed by atoms with E-state index in [2.05, 4.69) is 0 Å². The van der Waals surface area contributed by atoms with Crippen LogP contribution in [0.25, 0.3) is 0 Å². The summed E-state index contributed by atoms with van der Waals surface area (Å²) in [6.07, 6.45) is -11.6. The van der Waals surface area contributed by atoms with Gasteiger partial charge in [-0.2, -0.15) is 26.3 Å². The third kappa shape index (κ3) is 1.85. The molecule has 0 heterocycles. The van der Waals surface area contributed by atoms with Gasteiger partial charge in [0.1, 0.15) is 0 Å². The molecule has 0 saturated heterocycles. The Morgan fingerprint density at radius 3 is 1.21 bits per heavy atom. The van der Waals surface area contributed by atoms with E-state index in [4.69, 9.17) is 0 Å². The van der Waals surface area contributed by atoms with Gasteiger partial charge in [-0.25, -0.2) is 4.39 Å². The molecule has 0 aliphatic heterocycles. The molecule has 84 valence electrons. The van der Waals surface area contributed by atoms with Gasteiger partial charge in [0.2, 0.25) is 0 Å². The van der Waals surface area contributed by atoms with Gasteiger partial charge in [0.15, 0.2) is 0 Å². The molecule has 14 heavy (non-hydrogen) atoms. The average Bonchev–Trinajstić information content (AvgIpc) is 1.97. The molecule has 7 heteroatoms. The van der Waals surface area contributed by atoms with Crippen LogP contribution < -0.4 is 0 Å². The maximum Gasteiger partial charge on any atom is 0.435 e. The van der Waals surface area contributed by atoms with E-state index >= 15 is 0 Å². The highest BCUT2D eigenvalue weighted by Gasteiger charge is 2.73. The van der Waals surface area contributed by atoms with Crippen LogP contribution in [-0.4, -0.2) is 18.0 Å². The van der Waals surface area contributed by atoms with Crippen molar-refractivity contribution >= 4 is 0 Å². The van der Waals surface area contributed by atoms with E-state index in [-0.39, 0.29) is 0 Å². The Morgan fingerprint density at radius 1 is 0.857 bits per heavy atom. The zero-order valence-corrected chi connectivity index (χ0v) is 7.22. The quantitative estimate of drug-likeness (QED) is 0.469.